The van der Waals surface area contributed by atoms with E-state index in [4.69, 9.17) is 9.72 Å². The molecule has 2 aliphatic rings. The van der Waals surface area contributed by atoms with Gasteiger partial charge in [-0.1, -0.05) is 0 Å². The van der Waals surface area contributed by atoms with Crippen LogP contribution in [0.3, 0.4) is 0 Å². The molecule has 1 aromatic carbocycles. The molecular formula is C23H24FN3O2S. The smallest absolute Gasteiger partial charge is 0.227 e. The van der Waals surface area contributed by atoms with E-state index in [0.29, 0.717) is 37.7 Å². The van der Waals surface area contributed by atoms with Gasteiger partial charge in [-0.2, -0.15) is 11.3 Å². The average Bonchev–Trinajstić information content (AvgIpc) is 3.48. The van der Waals surface area contributed by atoms with Crippen LogP contribution >= 0.6 is 11.3 Å². The van der Waals surface area contributed by atoms with Crippen LogP contribution in [0.2, 0.25) is 0 Å². The Bertz CT molecular complexity index is 1050. The summed E-state index contributed by atoms with van der Waals surface area (Å²) < 4.78 is 19.3. The lowest BCUT2D eigenvalue weighted by molar-refractivity contribution is -0.131. The summed E-state index contributed by atoms with van der Waals surface area (Å²) in [6.07, 6.45) is 2.53. The first-order valence-corrected chi connectivity index (χ1v) is 11.3. The van der Waals surface area contributed by atoms with Gasteiger partial charge in [-0.3, -0.25) is 4.79 Å². The molecule has 2 aromatic heterocycles. The van der Waals surface area contributed by atoms with E-state index in [9.17, 15) is 9.18 Å². The number of carbonyl (C=O) groups is 1. The highest BCUT2D eigenvalue weighted by Gasteiger charge is 2.33. The van der Waals surface area contributed by atoms with Gasteiger partial charge in [-0.25, -0.2) is 9.37 Å². The highest BCUT2D eigenvalue weighted by atomic mass is 32.1. The number of morpholine rings is 1. The molecule has 0 bridgehead atoms. The normalized spacial score (nSPS) is 16.8. The standard InChI is InChI=1S/C23H24FN3O2S/c24-19-2-1-17-12-18(23(25-21(17)13-19)26-6-8-29-9-7-26)14-27(20-3-4-20)22(28)11-16-5-10-30-15-16/h1-2,5,10,12-13,15,20H,3-4,6-9,11,14H2. The second kappa shape index (κ2) is 8.32. The lowest BCUT2D eigenvalue weighted by Crippen LogP contribution is -2.39. The topological polar surface area (TPSA) is 45.7 Å². The number of carbonyl (C=O) groups excluding carboxylic acids is 1. The lowest BCUT2D eigenvalue weighted by atomic mass is 10.1. The molecule has 7 heteroatoms. The fraction of sp³-hybridized carbons (Fsp3) is 0.391. The highest BCUT2D eigenvalue weighted by Crippen LogP contribution is 2.32. The Morgan fingerprint density at radius 3 is 2.80 bits per heavy atom. The summed E-state index contributed by atoms with van der Waals surface area (Å²) in [5, 5.41) is 4.94. The van der Waals surface area contributed by atoms with Crippen molar-refractivity contribution < 1.29 is 13.9 Å². The van der Waals surface area contributed by atoms with Crippen LogP contribution in [-0.2, 0) is 22.5 Å². The molecule has 5 nitrogen and oxygen atoms in total. The first kappa shape index (κ1) is 19.5. The summed E-state index contributed by atoms with van der Waals surface area (Å²) in [4.78, 5) is 22.1. The fourth-order valence-electron chi connectivity index (χ4n) is 4.00. The second-order valence-electron chi connectivity index (χ2n) is 7.97. The number of hydrogen-bond donors (Lipinski definition) is 0. The number of benzene rings is 1. The largest absolute Gasteiger partial charge is 0.378 e. The highest BCUT2D eigenvalue weighted by molar-refractivity contribution is 7.08. The Kier molecular flexibility index (Phi) is 5.39. The molecule has 1 aliphatic heterocycles. The van der Waals surface area contributed by atoms with Crippen LogP contribution in [0.25, 0.3) is 10.9 Å². The van der Waals surface area contributed by atoms with Crippen LogP contribution in [0.1, 0.15) is 24.0 Å². The van der Waals surface area contributed by atoms with Gasteiger partial charge >= 0.3 is 0 Å². The molecule has 3 heterocycles. The van der Waals surface area contributed by atoms with E-state index in [1.807, 2.05) is 21.7 Å². The quantitative estimate of drug-likeness (QED) is 0.599. The van der Waals surface area contributed by atoms with Crippen molar-refractivity contribution in [2.75, 3.05) is 31.2 Å². The molecular weight excluding hydrogens is 401 g/mol. The van der Waals surface area contributed by atoms with Crippen LogP contribution in [-0.4, -0.2) is 48.1 Å². The van der Waals surface area contributed by atoms with Gasteiger partial charge in [-0.15, -0.1) is 0 Å². The third kappa shape index (κ3) is 4.18. The number of anilines is 1. The van der Waals surface area contributed by atoms with E-state index in [-0.39, 0.29) is 11.7 Å². The van der Waals surface area contributed by atoms with E-state index < -0.39 is 0 Å². The molecule has 1 saturated heterocycles. The molecule has 0 atom stereocenters. The lowest BCUT2D eigenvalue weighted by Gasteiger charge is -2.31. The third-order valence-electron chi connectivity index (χ3n) is 5.73. The summed E-state index contributed by atoms with van der Waals surface area (Å²) in [6, 6.07) is 9.08. The second-order valence-corrected chi connectivity index (χ2v) is 8.75. The maximum absolute atomic E-state index is 13.8. The van der Waals surface area contributed by atoms with E-state index in [1.54, 1.807) is 17.4 Å². The molecule has 1 saturated carbocycles. The summed E-state index contributed by atoms with van der Waals surface area (Å²) in [5.41, 5.74) is 2.72. The Balaban J connectivity index is 1.49. The minimum absolute atomic E-state index is 0.156. The minimum Gasteiger partial charge on any atom is -0.378 e. The van der Waals surface area contributed by atoms with Crippen molar-refractivity contribution in [2.45, 2.75) is 31.8 Å². The van der Waals surface area contributed by atoms with Gasteiger partial charge < -0.3 is 14.5 Å². The third-order valence-corrected chi connectivity index (χ3v) is 6.46. The number of halogens is 1. The molecule has 1 aliphatic carbocycles. The minimum atomic E-state index is -0.291. The van der Waals surface area contributed by atoms with E-state index in [1.165, 1.54) is 12.1 Å². The maximum Gasteiger partial charge on any atom is 0.227 e. The summed E-state index contributed by atoms with van der Waals surface area (Å²) in [6.45, 7) is 3.30. The number of amides is 1. The zero-order valence-corrected chi connectivity index (χ0v) is 17.5. The number of ether oxygens (including phenoxy) is 1. The average molecular weight is 426 g/mol. The first-order valence-electron chi connectivity index (χ1n) is 10.4. The van der Waals surface area contributed by atoms with Crippen LogP contribution in [0, 0.1) is 5.82 Å². The van der Waals surface area contributed by atoms with Gasteiger partial charge in [0.15, 0.2) is 0 Å². The number of thiophene rings is 1. The monoisotopic (exact) mass is 425 g/mol. The molecule has 1 amide bonds. The Hall–Kier alpha value is -2.51. The first-order chi connectivity index (χ1) is 14.7. The van der Waals surface area contributed by atoms with Crippen molar-refractivity contribution in [1.29, 1.82) is 0 Å². The van der Waals surface area contributed by atoms with E-state index in [0.717, 1.165) is 48.3 Å². The van der Waals surface area contributed by atoms with E-state index in [2.05, 4.69) is 11.0 Å². The van der Waals surface area contributed by atoms with Gasteiger partial charge in [0.2, 0.25) is 5.91 Å². The summed E-state index contributed by atoms with van der Waals surface area (Å²) in [5.74, 6) is 0.703. The summed E-state index contributed by atoms with van der Waals surface area (Å²) in [7, 11) is 0. The van der Waals surface area contributed by atoms with Crippen molar-refractivity contribution >= 4 is 34.0 Å². The number of rotatable bonds is 6. The molecule has 156 valence electrons. The van der Waals surface area contributed by atoms with Gasteiger partial charge in [0, 0.05) is 42.7 Å². The number of fused-ring (bicyclic) bond motifs is 1. The van der Waals surface area contributed by atoms with Crippen LogP contribution < -0.4 is 4.90 Å². The van der Waals surface area contributed by atoms with Crippen molar-refractivity contribution in [3.05, 3.63) is 58.0 Å². The molecule has 0 radical (unpaired) electrons. The number of aromatic nitrogens is 1. The molecule has 5 rings (SSSR count). The van der Waals surface area contributed by atoms with Crippen LogP contribution in [0.5, 0.6) is 0 Å². The Morgan fingerprint density at radius 1 is 1.23 bits per heavy atom. The molecule has 0 unspecified atom stereocenters. The Labute approximate surface area is 179 Å². The van der Waals surface area contributed by atoms with Crippen LogP contribution in [0.4, 0.5) is 10.2 Å². The van der Waals surface area contributed by atoms with Crippen molar-refractivity contribution in [2.24, 2.45) is 0 Å². The SMILES string of the molecule is O=C(Cc1ccsc1)N(Cc1cc2ccc(F)cc2nc1N1CCOCC1)C1CC1. The molecule has 0 N–H and O–H groups in total. The number of nitrogens with zero attached hydrogens (tertiary/aromatic N) is 3. The molecule has 30 heavy (non-hydrogen) atoms. The van der Waals surface area contributed by atoms with Crippen molar-refractivity contribution in [3.63, 3.8) is 0 Å². The Morgan fingerprint density at radius 2 is 2.07 bits per heavy atom. The van der Waals surface area contributed by atoms with Gasteiger partial charge in [0.05, 0.1) is 25.2 Å². The zero-order valence-electron chi connectivity index (χ0n) is 16.7. The molecule has 2 fully saturated rings. The van der Waals surface area contributed by atoms with Crippen molar-refractivity contribution in [3.8, 4) is 0 Å². The predicted octanol–water partition coefficient (Wildman–Crippen LogP) is 4.01. The predicted molar refractivity (Wildman–Crippen MR) is 116 cm³/mol. The number of pyridine rings is 1. The molecule has 0 spiro atoms. The van der Waals surface area contributed by atoms with Gasteiger partial charge in [0.25, 0.3) is 0 Å². The van der Waals surface area contributed by atoms with Crippen LogP contribution in [0.15, 0.2) is 41.1 Å². The van der Waals surface area contributed by atoms with E-state index >= 15 is 0 Å². The maximum atomic E-state index is 13.8. The summed E-state index contributed by atoms with van der Waals surface area (Å²) >= 11 is 1.62. The van der Waals surface area contributed by atoms with Crippen molar-refractivity contribution in [1.82, 2.24) is 9.88 Å². The fourth-order valence-corrected chi connectivity index (χ4v) is 4.67. The zero-order chi connectivity index (χ0) is 20.5. The van der Waals surface area contributed by atoms with Gasteiger partial charge in [0.1, 0.15) is 11.6 Å². The molecule has 3 aromatic rings. The van der Waals surface area contributed by atoms with Gasteiger partial charge in [-0.05, 0) is 53.4 Å². The number of hydrogen-bond acceptors (Lipinski definition) is 5.